The Hall–Kier alpha value is -3.27. The number of hydrogen-bond donors (Lipinski definition) is 1. The van der Waals surface area contributed by atoms with Gasteiger partial charge in [0.1, 0.15) is 18.2 Å². The molecule has 0 saturated heterocycles. The third kappa shape index (κ3) is 6.61. The number of nitrogens with zero attached hydrogens (tertiary/aromatic N) is 1. The maximum atomic E-state index is 12.5. The molecule has 0 spiro atoms. The number of nitrogens with one attached hydrogen (secondary N) is 1. The highest BCUT2D eigenvalue weighted by molar-refractivity contribution is 9.10. The van der Waals surface area contributed by atoms with Crippen LogP contribution in [0.4, 0.5) is 5.69 Å². The molecule has 0 aliphatic heterocycles. The summed E-state index contributed by atoms with van der Waals surface area (Å²) in [7, 11) is 0. The van der Waals surface area contributed by atoms with Gasteiger partial charge in [-0.1, -0.05) is 45.7 Å². The molecule has 162 valence electrons. The topological polar surface area (TPSA) is 71.3 Å². The second-order valence-electron chi connectivity index (χ2n) is 6.69. The average Bonchev–Trinajstić information content (AvgIpc) is 2.79. The Balaban J connectivity index is 1.76. The highest BCUT2D eigenvalue weighted by Gasteiger charge is 2.12. The number of amides is 1. The van der Waals surface area contributed by atoms with Crippen LogP contribution in [0.15, 0.2) is 76.8 Å². The molecule has 0 heterocycles. The van der Waals surface area contributed by atoms with Crippen LogP contribution in [0.25, 0.3) is 6.08 Å². The molecule has 0 aliphatic carbocycles. The zero-order valence-corrected chi connectivity index (χ0v) is 19.6. The summed E-state index contributed by atoms with van der Waals surface area (Å²) in [5.74, 6) is 0.605. The van der Waals surface area contributed by atoms with E-state index in [4.69, 9.17) is 21.1 Å². The lowest BCUT2D eigenvalue weighted by Gasteiger charge is -2.13. The molecule has 1 amide bonds. The summed E-state index contributed by atoms with van der Waals surface area (Å²) in [6, 6.07) is 21.7. The van der Waals surface area contributed by atoms with E-state index in [1.807, 2.05) is 37.3 Å². The molecule has 3 aromatic rings. The van der Waals surface area contributed by atoms with Gasteiger partial charge in [-0.05, 0) is 72.7 Å². The average molecular weight is 512 g/mol. The number of rotatable bonds is 8. The molecule has 1 N–H and O–H groups in total. The fourth-order valence-corrected chi connectivity index (χ4v) is 3.18. The minimum atomic E-state index is -0.511. The Kier molecular flexibility index (Phi) is 8.32. The van der Waals surface area contributed by atoms with Gasteiger partial charge in [0, 0.05) is 15.2 Å². The number of benzene rings is 3. The van der Waals surface area contributed by atoms with E-state index in [1.165, 1.54) is 6.08 Å². The van der Waals surface area contributed by atoms with E-state index in [9.17, 15) is 10.1 Å². The summed E-state index contributed by atoms with van der Waals surface area (Å²) < 4.78 is 12.6. The van der Waals surface area contributed by atoms with Gasteiger partial charge >= 0.3 is 0 Å². The summed E-state index contributed by atoms with van der Waals surface area (Å²) in [5.41, 5.74) is 2.18. The van der Waals surface area contributed by atoms with Gasteiger partial charge in [-0.25, -0.2) is 0 Å². The molecule has 0 radical (unpaired) electrons. The predicted molar refractivity (Wildman–Crippen MR) is 130 cm³/mol. The van der Waals surface area contributed by atoms with Crippen LogP contribution < -0.4 is 14.8 Å². The summed E-state index contributed by atoms with van der Waals surface area (Å²) in [4.78, 5) is 12.5. The van der Waals surface area contributed by atoms with E-state index in [0.29, 0.717) is 41.0 Å². The second kappa shape index (κ2) is 11.4. The van der Waals surface area contributed by atoms with Crippen molar-refractivity contribution in [1.29, 1.82) is 5.26 Å². The van der Waals surface area contributed by atoms with Crippen molar-refractivity contribution in [3.63, 3.8) is 0 Å². The number of carbonyl (C=O) groups excluding carboxylic acids is 1. The maximum absolute atomic E-state index is 12.5. The Morgan fingerprint density at radius 3 is 2.44 bits per heavy atom. The molecule has 3 aromatic carbocycles. The largest absolute Gasteiger partial charge is 0.490 e. The summed E-state index contributed by atoms with van der Waals surface area (Å²) in [5, 5.41) is 12.7. The van der Waals surface area contributed by atoms with Crippen LogP contribution >= 0.6 is 27.5 Å². The second-order valence-corrected chi connectivity index (χ2v) is 8.04. The number of carbonyl (C=O) groups is 1. The molecular formula is C25H20BrClN2O3. The van der Waals surface area contributed by atoms with Crippen molar-refractivity contribution in [1.82, 2.24) is 0 Å². The highest BCUT2D eigenvalue weighted by atomic mass is 79.9. The molecule has 0 bridgehead atoms. The summed E-state index contributed by atoms with van der Waals surface area (Å²) in [6.07, 6.45) is 1.51. The minimum Gasteiger partial charge on any atom is -0.490 e. The van der Waals surface area contributed by atoms with E-state index in [2.05, 4.69) is 21.2 Å². The van der Waals surface area contributed by atoms with Crippen molar-refractivity contribution in [2.45, 2.75) is 13.5 Å². The summed E-state index contributed by atoms with van der Waals surface area (Å²) >= 11 is 9.28. The quantitative estimate of drug-likeness (QED) is 0.272. The number of anilines is 1. The summed E-state index contributed by atoms with van der Waals surface area (Å²) in [6.45, 7) is 2.71. The molecule has 3 rings (SSSR count). The molecule has 0 fully saturated rings. The van der Waals surface area contributed by atoms with E-state index in [-0.39, 0.29) is 5.57 Å². The first-order valence-corrected chi connectivity index (χ1v) is 11.0. The molecule has 7 heteroatoms. The number of halogens is 2. The molecule has 0 saturated carbocycles. The SMILES string of the molecule is CCOc1cc(/C=C(/C#N)C(=O)Nc2ccc(Cl)cc2)ccc1OCc1ccc(Br)cc1. The zero-order chi connectivity index (χ0) is 22.9. The fourth-order valence-electron chi connectivity index (χ4n) is 2.79. The van der Waals surface area contributed by atoms with E-state index in [1.54, 1.807) is 42.5 Å². The van der Waals surface area contributed by atoms with Gasteiger partial charge in [0.15, 0.2) is 11.5 Å². The van der Waals surface area contributed by atoms with Gasteiger partial charge in [0.25, 0.3) is 5.91 Å². The smallest absolute Gasteiger partial charge is 0.266 e. The van der Waals surface area contributed by atoms with Gasteiger partial charge in [0.05, 0.1) is 6.61 Å². The number of nitriles is 1. The van der Waals surface area contributed by atoms with Gasteiger partial charge in [-0.3, -0.25) is 4.79 Å². The van der Waals surface area contributed by atoms with Gasteiger partial charge in [-0.2, -0.15) is 5.26 Å². The van der Waals surface area contributed by atoms with Crippen LogP contribution in [-0.4, -0.2) is 12.5 Å². The first-order chi connectivity index (χ1) is 15.5. The number of ether oxygens (including phenoxy) is 2. The van der Waals surface area contributed by atoms with Crippen LogP contribution in [0, 0.1) is 11.3 Å². The van der Waals surface area contributed by atoms with Crippen LogP contribution in [0.3, 0.4) is 0 Å². The monoisotopic (exact) mass is 510 g/mol. The Bertz CT molecular complexity index is 1150. The minimum absolute atomic E-state index is 0.0362. The van der Waals surface area contributed by atoms with Crippen LogP contribution in [0.2, 0.25) is 5.02 Å². The van der Waals surface area contributed by atoms with Crippen LogP contribution in [0.5, 0.6) is 11.5 Å². The third-order valence-electron chi connectivity index (χ3n) is 4.35. The molecular weight excluding hydrogens is 492 g/mol. The standard InChI is InChI=1S/C25H20BrClN2O3/c1-2-31-24-14-18(5-12-23(24)32-16-17-3-6-20(26)7-4-17)13-19(15-28)25(30)29-22-10-8-21(27)9-11-22/h3-14H,2,16H2,1H3,(H,29,30)/b19-13-. The van der Waals surface area contributed by atoms with Crippen LogP contribution in [-0.2, 0) is 11.4 Å². The Morgan fingerprint density at radius 2 is 1.78 bits per heavy atom. The molecule has 5 nitrogen and oxygen atoms in total. The zero-order valence-electron chi connectivity index (χ0n) is 17.3. The van der Waals surface area contributed by atoms with Crippen molar-refractivity contribution >= 4 is 45.2 Å². The molecule has 32 heavy (non-hydrogen) atoms. The van der Waals surface area contributed by atoms with Crippen molar-refractivity contribution in [3.8, 4) is 17.6 Å². The first-order valence-electron chi connectivity index (χ1n) is 9.81. The normalized spacial score (nSPS) is 10.9. The van der Waals surface area contributed by atoms with E-state index in [0.717, 1.165) is 10.0 Å². The molecule has 0 unspecified atom stereocenters. The van der Waals surface area contributed by atoms with Gasteiger partial charge < -0.3 is 14.8 Å². The lowest BCUT2D eigenvalue weighted by molar-refractivity contribution is -0.112. The molecule has 0 aliphatic rings. The van der Waals surface area contributed by atoms with Crippen molar-refractivity contribution in [3.05, 3.63) is 92.9 Å². The lowest BCUT2D eigenvalue weighted by Crippen LogP contribution is -2.13. The molecule has 0 aromatic heterocycles. The lowest BCUT2D eigenvalue weighted by atomic mass is 10.1. The number of hydrogen-bond acceptors (Lipinski definition) is 4. The highest BCUT2D eigenvalue weighted by Crippen LogP contribution is 2.30. The predicted octanol–water partition coefficient (Wildman–Crippen LogP) is 6.63. The maximum Gasteiger partial charge on any atom is 0.266 e. The Morgan fingerprint density at radius 1 is 1.06 bits per heavy atom. The van der Waals surface area contributed by atoms with Crippen molar-refractivity contribution < 1.29 is 14.3 Å². The first kappa shape index (κ1) is 23.4. The van der Waals surface area contributed by atoms with Gasteiger partial charge in [-0.15, -0.1) is 0 Å². The molecule has 0 atom stereocenters. The third-order valence-corrected chi connectivity index (χ3v) is 5.13. The Labute approximate surface area is 200 Å². The fraction of sp³-hybridized carbons (Fsp3) is 0.120. The van der Waals surface area contributed by atoms with Gasteiger partial charge in [0.2, 0.25) is 0 Å². The van der Waals surface area contributed by atoms with Crippen molar-refractivity contribution in [2.24, 2.45) is 0 Å². The van der Waals surface area contributed by atoms with E-state index < -0.39 is 5.91 Å². The van der Waals surface area contributed by atoms with Crippen molar-refractivity contribution in [2.75, 3.05) is 11.9 Å². The van der Waals surface area contributed by atoms with E-state index >= 15 is 0 Å². The van der Waals surface area contributed by atoms with Crippen LogP contribution in [0.1, 0.15) is 18.1 Å².